The summed E-state index contributed by atoms with van der Waals surface area (Å²) >= 11 is 0. The fourth-order valence-electron chi connectivity index (χ4n) is 1.96. The van der Waals surface area contributed by atoms with Crippen molar-refractivity contribution in [3.63, 3.8) is 0 Å². The Kier molecular flexibility index (Phi) is 3.93. The molecular formula is C14H13N3O3S. The number of hydrogen-bond donors (Lipinski definition) is 2. The molecule has 0 amide bonds. The Bertz CT molecular complexity index is 875. The van der Waals surface area contributed by atoms with Gasteiger partial charge >= 0.3 is 0 Å². The zero-order valence-electron chi connectivity index (χ0n) is 11.5. The lowest BCUT2D eigenvalue weighted by atomic mass is 10.0. The van der Waals surface area contributed by atoms with Gasteiger partial charge in [0.2, 0.25) is 10.0 Å². The van der Waals surface area contributed by atoms with E-state index in [4.69, 9.17) is 5.26 Å². The van der Waals surface area contributed by atoms with Crippen LogP contribution in [0.3, 0.4) is 0 Å². The third-order valence-electron chi connectivity index (χ3n) is 3.02. The van der Waals surface area contributed by atoms with E-state index in [0.29, 0.717) is 16.8 Å². The van der Waals surface area contributed by atoms with Crippen LogP contribution in [0.25, 0.3) is 11.1 Å². The van der Waals surface area contributed by atoms with Crippen molar-refractivity contribution in [2.24, 2.45) is 0 Å². The molecule has 108 valence electrons. The highest BCUT2D eigenvalue weighted by Gasteiger charge is 2.13. The number of hydrogen-bond acceptors (Lipinski definition) is 4. The molecule has 0 radical (unpaired) electrons. The Hall–Kier alpha value is -2.43. The summed E-state index contributed by atoms with van der Waals surface area (Å²) in [7, 11) is -2.18. The third-order valence-corrected chi connectivity index (χ3v) is 4.45. The van der Waals surface area contributed by atoms with Gasteiger partial charge in [-0.25, -0.2) is 13.1 Å². The summed E-state index contributed by atoms with van der Waals surface area (Å²) in [6.07, 6.45) is 0. The fraction of sp³-hybridized carbons (Fsp3) is 0.143. The molecule has 1 aromatic heterocycles. The lowest BCUT2D eigenvalue weighted by Crippen LogP contribution is -2.18. The van der Waals surface area contributed by atoms with E-state index < -0.39 is 15.6 Å². The lowest BCUT2D eigenvalue weighted by Gasteiger charge is -2.07. The number of sulfonamides is 1. The van der Waals surface area contributed by atoms with E-state index in [9.17, 15) is 13.2 Å². The van der Waals surface area contributed by atoms with E-state index in [1.54, 1.807) is 25.1 Å². The molecule has 0 aliphatic heterocycles. The average Bonchev–Trinajstić information content (AvgIpc) is 2.46. The molecule has 2 aromatic rings. The molecule has 0 aliphatic rings. The second-order valence-corrected chi connectivity index (χ2v) is 6.30. The highest BCUT2D eigenvalue weighted by atomic mass is 32.2. The molecule has 0 atom stereocenters. The van der Waals surface area contributed by atoms with Crippen LogP contribution in [0.2, 0.25) is 0 Å². The van der Waals surface area contributed by atoms with Gasteiger partial charge in [0, 0.05) is 11.3 Å². The van der Waals surface area contributed by atoms with Gasteiger partial charge in [-0.15, -0.1) is 0 Å². The number of rotatable bonds is 3. The number of nitrogens with zero attached hydrogens (tertiary/aromatic N) is 1. The molecule has 0 aliphatic carbocycles. The Morgan fingerprint density at radius 2 is 1.86 bits per heavy atom. The van der Waals surface area contributed by atoms with Crippen molar-refractivity contribution in [1.82, 2.24) is 9.71 Å². The van der Waals surface area contributed by atoms with E-state index >= 15 is 0 Å². The van der Waals surface area contributed by atoms with Crippen molar-refractivity contribution in [2.75, 3.05) is 7.05 Å². The minimum absolute atomic E-state index is 0.00447. The molecule has 0 unspecified atom stereocenters. The largest absolute Gasteiger partial charge is 0.325 e. The summed E-state index contributed by atoms with van der Waals surface area (Å²) < 4.78 is 25.5. The Labute approximate surface area is 122 Å². The zero-order valence-corrected chi connectivity index (χ0v) is 12.3. The van der Waals surface area contributed by atoms with Crippen LogP contribution in [0.5, 0.6) is 0 Å². The van der Waals surface area contributed by atoms with Gasteiger partial charge in [0.25, 0.3) is 5.56 Å². The molecule has 21 heavy (non-hydrogen) atoms. The zero-order chi connectivity index (χ0) is 15.6. The standard InChI is InChI=1S/C14H13N3O3S/c1-9-7-12(13(8-15)14(18)17-9)10-3-5-11(6-4-10)21(19,20)16-2/h3-7,16H,1-2H3,(H,17,18). The van der Waals surface area contributed by atoms with E-state index in [1.165, 1.54) is 19.2 Å². The van der Waals surface area contributed by atoms with Crippen molar-refractivity contribution in [1.29, 1.82) is 5.26 Å². The molecule has 0 spiro atoms. The maximum absolute atomic E-state index is 11.8. The topological polar surface area (TPSA) is 103 Å². The first-order valence-corrected chi connectivity index (χ1v) is 7.55. The highest BCUT2D eigenvalue weighted by molar-refractivity contribution is 7.89. The maximum Gasteiger partial charge on any atom is 0.266 e. The van der Waals surface area contributed by atoms with Gasteiger partial charge < -0.3 is 4.98 Å². The van der Waals surface area contributed by atoms with Gasteiger partial charge in [-0.1, -0.05) is 12.1 Å². The van der Waals surface area contributed by atoms with Crippen LogP contribution in [0.15, 0.2) is 40.0 Å². The van der Waals surface area contributed by atoms with Gasteiger partial charge in [0.15, 0.2) is 0 Å². The number of nitrogens with one attached hydrogen (secondary N) is 2. The predicted octanol–water partition coefficient (Wildman–Crippen LogP) is 1.13. The van der Waals surface area contributed by atoms with Crippen LogP contribution in [0, 0.1) is 18.3 Å². The molecule has 7 heteroatoms. The first-order valence-electron chi connectivity index (χ1n) is 6.07. The van der Waals surface area contributed by atoms with E-state index in [0.717, 1.165) is 0 Å². The van der Waals surface area contributed by atoms with Crippen molar-refractivity contribution in [2.45, 2.75) is 11.8 Å². The molecule has 0 saturated carbocycles. The van der Waals surface area contributed by atoms with E-state index in [-0.39, 0.29) is 10.5 Å². The van der Waals surface area contributed by atoms with Crippen LogP contribution in [0.1, 0.15) is 11.3 Å². The van der Waals surface area contributed by atoms with Gasteiger partial charge in [0.05, 0.1) is 4.90 Å². The van der Waals surface area contributed by atoms with Gasteiger partial charge in [-0.2, -0.15) is 5.26 Å². The van der Waals surface area contributed by atoms with Gasteiger partial charge in [-0.3, -0.25) is 4.79 Å². The number of aromatic amines is 1. The number of aromatic nitrogens is 1. The molecular weight excluding hydrogens is 290 g/mol. The Balaban J connectivity index is 2.60. The van der Waals surface area contributed by atoms with E-state index in [2.05, 4.69) is 9.71 Å². The summed E-state index contributed by atoms with van der Waals surface area (Å²) in [5, 5.41) is 9.10. The Morgan fingerprint density at radius 1 is 1.24 bits per heavy atom. The van der Waals surface area contributed by atoms with Crippen LogP contribution in [-0.2, 0) is 10.0 Å². The molecule has 0 fully saturated rings. The summed E-state index contributed by atoms with van der Waals surface area (Å²) in [6.45, 7) is 1.71. The number of benzene rings is 1. The fourth-order valence-corrected chi connectivity index (χ4v) is 2.69. The summed E-state index contributed by atoms with van der Waals surface area (Å²) in [5.74, 6) is 0. The SMILES string of the molecule is CNS(=O)(=O)c1ccc(-c2cc(C)[nH]c(=O)c2C#N)cc1. The maximum atomic E-state index is 11.8. The number of H-pyrrole nitrogens is 1. The van der Waals surface area contributed by atoms with Crippen molar-refractivity contribution < 1.29 is 8.42 Å². The quantitative estimate of drug-likeness (QED) is 0.887. The smallest absolute Gasteiger partial charge is 0.266 e. The normalized spacial score (nSPS) is 11.1. The molecule has 1 aromatic carbocycles. The molecule has 2 rings (SSSR count). The van der Waals surface area contributed by atoms with Crippen molar-refractivity contribution in [3.05, 3.63) is 51.9 Å². The second-order valence-electron chi connectivity index (χ2n) is 4.41. The first-order chi connectivity index (χ1) is 9.89. The van der Waals surface area contributed by atoms with E-state index in [1.807, 2.05) is 6.07 Å². The first kappa shape index (κ1) is 15.0. The average molecular weight is 303 g/mol. The monoisotopic (exact) mass is 303 g/mol. The third kappa shape index (κ3) is 2.86. The lowest BCUT2D eigenvalue weighted by molar-refractivity contribution is 0.588. The minimum Gasteiger partial charge on any atom is -0.325 e. The Morgan fingerprint density at radius 3 is 2.38 bits per heavy atom. The summed E-state index contributed by atoms with van der Waals surface area (Å²) in [6, 6.07) is 9.55. The minimum atomic E-state index is -3.51. The number of nitriles is 1. The van der Waals surface area contributed by atoms with Crippen LogP contribution in [-0.4, -0.2) is 20.4 Å². The van der Waals surface area contributed by atoms with Crippen LogP contribution < -0.4 is 10.3 Å². The molecule has 2 N–H and O–H groups in total. The van der Waals surface area contributed by atoms with Crippen LogP contribution in [0.4, 0.5) is 0 Å². The van der Waals surface area contributed by atoms with Crippen molar-refractivity contribution >= 4 is 10.0 Å². The summed E-state index contributed by atoms with van der Waals surface area (Å²) in [5.41, 5.74) is 1.26. The van der Waals surface area contributed by atoms with Crippen LogP contribution >= 0.6 is 0 Å². The van der Waals surface area contributed by atoms with Gasteiger partial charge in [-0.05, 0) is 37.7 Å². The highest BCUT2D eigenvalue weighted by Crippen LogP contribution is 2.23. The predicted molar refractivity (Wildman–Crippen MR) is 78.2 cm³/mol. The number of aryl methyl sites for hydroxylation is 1. The summed E-state index contributed by atoms with van der Waals surface area (Å²) in [4.78, 5) is 14.4. The van der Waals surface area contributed by atoms with Crippen molar-refractivity contribution in [3.8, 4) is 17.2 Å². The molecule has 6 nitrogen and oxygen atoms in total. The van der Waals surface area contributed by atoms with Gasteiger partial charge in [0.1, 0.15) is 11.6 Å². The molecule has 0 saturated heterocycles. The number of pyridine rings is 1. The second kappa shape index (κ2) is 5.52. The molecule has 0 bridgehead atoms. The molecule has 1 heterocycles.